The monoisotopic (exact) mass is 272 g/mol. The molecule has 3 rings (SSSR count). The predicted molar refractivity (Wildman–Crippen MR) is 80.7 cm³/mol. The third-order valence-corrected chi connectivity index (χ3v) is 4.37. The zero-order valence-electron chi connectivity index (χ0n) is 12.2. The van der Waals surface area contributed by atoms with Gasteiger partial charge in [0, 0.05) is 25.0 Å². The van der Waals surface area contributed by atoms with Gasteiger partial charge in [-0.3, -0.25) is 4.79 Å². The van der Waals surface area contributed by atoms with Gasteiger partial charge >= 0.3 is 0 Å². The van der Waals surface area contributed by atoms with E-state index in [0.29, 0.717) is 18.5 Å². The zero-order valence-corrected chi connectivity index (χ0v) is 12.2. The smallest absolute Gasteiger partial charge is 0.221 e. The number of nitrogens with one attached hydrogen (secondary N) is 2. The maximum Gasteiger partial charge on any atom is 0.221 e. The number of aryl methyl sites for hydroxylation is 2. The molecule has 0 radical (unpaired) electrons. The van der Waals surface area contributed by atoms with E-state index in [1.165, 1.54) is 36.0 Å². The van der Waals surface area contributed by atoms with Crippen LogP contribution >= 0.6 is 0 Å². The third-order valence-electron chi connectivity index (χ3n) is 4.37. The number of hydrogen-bond acceptors (Lipinski definition) is 2. The molecular weight excluding hydrogens is 248 g/mol. The Morgan fingerprint density at radius 2 is 2.10 bits per heavy atom. The first kappa shape index (κ1) is 13.6. The van der Waals surface area contributed by atoms with Crippen LogP contribution in [0.25, 0.3) is 0 Å². The first-order chi connectivity index (χ1) is 9.72. The second-order valence-electron chi connectivity index (χ2n) is 6.15. The fraction of sp³-hybridized carbons (Fsp3) is 0.588. The minimum absolute atomic E-state index is 0.182. The molecule has 2 aliphatic rings. The Kier molecular flexibility index (Phi) is 4.06. The highest BCUT2D eigenvalue weighted by Gasteiger charge is 2.22. The molecular formula is C17H24N2O. The Morgan fingerprint density at radius 3 is 2.90 bits per heavy atom. The molecule has 3 heteroatoms. The highest BCUT2D eigenvalue weighted by Crippen LogP contribution is 2.25. The molecule has 0 bridgehead atoms. The summed E-state index contributed by atoms with van der Waals surface area (Å²) in [5.41, 5.74) is 4.38. The molecule has 108 valence electrons. The minimum Gasteiger partial charge on any atom is -0.353 e. The van der Waals surface area contributed by atoms with Crippen molar-refractivity contribution in [2.45, 2.75) is 57.5 Å². The quantitative estimate of drug-likeness (QED) is 0.835. The van der Waals surface area contributed by atoms with Crippen molar-refractivity contribution in [1.29, 1.82) is 0 Å². The molecule has 1 saturated carbocycles. The first-order valence-electron chi connectivity index (χ1n) is 7.87. The van der Waals surface area contributed by atoms with E-state index in [1.807, 2.05) is 0 Å². The molecule has 20 heavy (non-hydrogen) atoms. The molecule has 0 aromatic heterocycles. The van der Waals surface area contributed by atoms with Crippen molar-refractivity contribution >= 4 is 5.91 Å². The predicted octanol–water partition coefficient (Wildman–Crippen LogP) is 2.49. The first-order valence-corrected chi connectivity index (χ1v) is 7.87. The van der Waals surface area contributed by atoms with Crippen LogP contribution in [0.3, 0.4) is 0 Å². The topological polar surface area (TPSA) is 41.1 Å². The number of fused-ring (bicyclic) bond motifs is 1. The lowest BCUT2D eigenvalue weighted by molar-refractivity contribution is -0.121. The molecule has 0 heterocycles. The largest absolute Gasteiger partial charge is 0.353 e. The lowest BCUT2D eigenvalue weighted by atomic mass is 10.0. The van der Waals surface area contributed by atoms with Crippen molar-refractivity contribution in [3.05, 3.63) is 34.9 Å². The van der Waals surface area contributed by atoms with Crippen LogP contribution in [-0.2, 0) is 17.6 Å². The molecule has 1 unspecified atom stereocenters. The number of rotatable bonds is 6. The van der Waals surface area contributed by atoms with Gasteiger partial charge in [0.25, 0.3) is 0 Å². The summed E-state index contributed by atoms with van der Waals surface area (Å²) in [7, 11) is 0. The Morgan fingerprint density at radius 1 is 1.30 bits per heavy atom. The molecule has 1 amide bonds. The molecule has 3 nitrogen and oxygen atoms in total. The van der Waals surface area contributed by atoms with E-state index >= 15 is 0 Å². The summed E-state index contributed by atoms with van der Waals surface area (Å²) in [6.07, 6.45) is 6.64. The van der Waals surface area contributed by atoms with Gasteiger partial charge in [-0.1, -0.05) is 18.2 Å². The van der Waals surface area contributed by atoms with Gasteiger partial charge in [0.2, 0.25) is 5.91 Å². The minimum atomic E-state index is 0.182. The molecule has 2 aliphatic carbocycles. The van der Waals surface area contributed by atoms with E-state index < -0.39 is 0 Å². The molecule has 2 N–H and O–H groups in total. The van der Waals surface area contributed by atoms with Crippen LogP contribution in [0.4, 0.5) is 0 Å². The summed E-state index contributed by atoms with van der Waals surface area (Å²) >= 11 is 0. The normalized spacial score (nSPS) is 18.6. The standard InChI is InChI=1S/C17H24N2O/c1-12(18-10-9-17(20)19-16-7-8-16)14-6-5-13-3-2-4-15(13)11-14/h5-6,11-12,16,18H,2-4,7-10H2,1H3,(H,19,20). The maximum atomic E-state index is 11.6. The van der Waals surface area contributed by atoms with Gasteiger partial charge in [-0.2, -0.15) is 0 Å². The van der Waals surface area contributed by atoms with Crippen LogP contribution in [0, 0.1) is 0 Å². The second kappa shape index (κ2) is 5.96. The van der Waals surface area contributed by atoms with Gasteiger partial charge in [-0.25, -0.2) is 0 Å². The fourth-order valence-corrected chi connectivity index (χ4v) is 2.91. The van der Waals surface area contributed by atoms with E-state index in [0.717, 1.165) is 19.4 Å². The number of carbonyl (C=O) groups excluding carboxylic acids is 1. The summed E-state index contributed by atoms with van der Waals surface area (Å²) in [6, 6.07) is 7.62. The van der Waals surface area contributed by atoms with Crippen molar-refractivity contribution in [1.82, 2.24) is 10.6 Å². The SMILES string of the molecule is CC(NCCC(=O)NC1CC1)c1ccc2c(c1)CCC2. The van der Waals surface area contributed by atoms with Crippen molar-refractivity contribution in [2.24, 2.45) is 0 Å². The van der Waals surface area contributed by atoms with Gasteiger partial charge in [0.1, 0.15) is 0 Å². The fourth-order valence-electron chi connectivity index (χ4n) is 2.91. The molecule has 1 atom stereocenters. The molecule has 1 aromatic carbocycles. The molecule has 0 aliphatic heterocycles. The molecule has 0 saturated heterocycles. The van der Waals surface area contributed by atoms with Gasteiger partial charge < -0.3 is 10.6 Å². The van der Waals surface area contributed by atoms with Crippen LogP contribution in [0.1, 0.15) is 55.3 Å². The van der Waals surface area contributed by atoms with Crippen LogP contribution in [0.2, 0.25) is 0 Å². The van der Waals surface area contributed by atoms with Crippen LogP contribution in [-0.4, -0.2) is 18.5 Å². The summed E-state index contributed by atoms with van der Waals surface area (Å²) < 4.78 is 0. The van der Waals surface area contributed by atoms with E-state index in [-0.39, 0.29) is 5.91 Å². The summed E-state index contributed by atoms with van der Waals surface area (Å²) in [5, 5.41) is 6.48. The van der Waals surface area contributed by atoms with Crippen molar-refractivity contribution in [3.8, 4) is 0 Å². The maximum absolute atomic E-state index is 11.6. The Labute approximate surface area is 121 Å². The summed E-state index contributed by atoms with van der Waals surface area (Å²) in [6.45, 7) is 2.92. The highest BCUT2D eigenvalue weighted by molar-refractivity contribution is 5.76. The zero-order chi connectivity index (χ0) is 13.9. The highest BCUT2D eigenvalue weighted by atomic mass is 16.1. The number of amides is 1. The summed E-state index contributed by atoms with van der Waals surface area (Å²) in [4.78, 5) is 11.6. The van der Waals surface area contributed by atoms with E-state index in [2.05, 4.69) is 35.8 Å². The van der Waals surface area contributed by atoms with E-state index in [1.54, 1.807) is 0 Å². The molecule has 1 aromatic rings. The number of carbonyl (C=O) groups is 1. The average Bonchev–Trinajstić information content (AvgIpc) is 3.12. The van der Waals surface area contributed by atoms with Gasteiger partial charge in [0.05, 0.1) is 0 Å². The van der Waals surface area contributed by atoms with Gasteiger partial charge in [-0.05, 0) is 55.7 Å². The van der Waals surface area contributed by atoms with Crippen LogP contribution in [0.15, 0.2) is 18.2 Å². The lowest BCUT2D eigenvalue weighted by Gasteiger charge is -2.15. The average molecular weight is 272 g/mol. The van der Waals surface area contributed by atoms with Crippen molar-refractivity contribution < 1.29 is 4.79 Å². The van der Waals surface area contributed by atoms with Gasteiger partial charge in [0.15, 0.2) is 0 Å². The molecule has 1 fully saturated rings. The number of hydrogen-bond donors (Lipinski definition) is 2. The molecule has 0 spiro atoms. The van der Waals surface area contributed by atoms with Crippen LogP contribution in [0.5, 0.6) is 0 Å². The van der Waals surface area contributed by atoms with Crippen molar-refractivity contribution in [3.63, 3.8) is 0 Å². The van der Waals surface area contributed by atoms with E-state index in [4.69, 9.17) is 0 Å². The Bertz CT molecular complexity index is 494. The summed E-state index contributed by atoms with van der Waals surface area (Å²) in [5.74, 6) is 0.182. The Hall–Kier alpha value is -1.35. The second-order valence-corrected chi connectivity index (χ2v) is 6.15. The lowest BCUT2D eigenvalue weighted by Crippen LogP contribution is -2.30. The third kappa shape index (κ3) is 3.40. The number of benzene rings is 1. The van der Waals surface area contributed by atoms with E-state index in [9.17, 15) is 4.79 Å². The van der Waals surface area contributed by atoms with Gasteiger partial charge in [-0.15, -0.1) is 0 Å². The van der Waals surface area contributed by atoms with Crippen molar-refractivity contribution in [2.75, 3.05) is 6.54 Å². The Balaban J connectivity index is 1.46. The van der Waals surface area contributed by atoms with Crippen LogP contribution < -0.4 is 10.6 Å².